The monoisotopic (exact) mass is 197 g/mol. The van der Waals surface area contributed by atoms with Crippen LogP contribution in [0.15, 0.2) is 0 Å². The van der Waals surface area contributed by atoms with E-state index in [1.54, 1.807) is 0 Å². The van der Waals surface area contributed by atoms with Crippen LogP contribution in [0.2, 0.25) is 0 Å². The number of nitrogens with zero attached hydrogens (tertiary/aromatic N) is 1. The van der Waals surface area contributed by atoms with Crippen LogP contribution in [-0.4, -0.2) is 21.7 Å². The minimum atomic E-state index is 0.658. The number of aromatic amines is 1. The van der Waals surface area contributed by atoms with Crippen LogP contribution in [-0.2, 0) is 0 Å². The number of hydrogen-bond acceptors (Lipinski definition) is 3. The van der Waals surface area contributed by atoms with E-state index in [2.05, 4.69) is 17.1 Å². The summed E-state index contributed by atoms with van der Waals surface area (Å²) in [7, 11) is 0. The van der Waals surface area contributed by atoms with E-state index in [1.165, 1.54) is 30.0 Å². The quantitative estimate of drug-likeness (QED) is 0.723. The molecular weight excluding hydrogens is 182 g/mol. The van der Waals surface area contributed by atoms with Crippen molar-refractivity contribution in [1.82, 2.24) is 10.2 Å². The number of aromatic nitrogens is 2. The second-order valence-corrected chi connectivity index (χ2v) is 4.76. The average molecular weight is 197 g/mol. The molecular formula is C9H15N3S. The Morgan fingerprint density at radius 3 is 2.69 bits per heavy atom. The number of nitrogen functional groups attached to an aromatic ring is 1. The zero-order chi connectivity index (χ0) is 9.26. The van der Waals surface area contributed by atoms with Crippen LogP contribution in [0.1, 0.15) is 30.0 Å². The van der Waals surface area contributed by atoms with Gasteiger partial charge in [-0.25, -0.2) is 0 Å². The summed E-state index contributed by atoms with van der Waals surface area (Å²) in [5.74, 6) is 3.85. The fraction of sp³-hybridized carbons (Fsp3) is 0.667. The minimum absolute atomic E-state index is 0.658. The van der Waals surface area contributed by atoms with E-state index in [9.17, 15) is 0 Å². The van der Waals surface area contributed by atoms with Crippen LogP contribution in [0.5, 0.6) is 0 Å². The maximum atomic E-state index is 5.70. The molecule has 1 aromatic heterocycles. The van der Waals surface area contributed by atoms with E-state index in [-0.39, 0.29) is 0 Å². The normalized spacial score (nSPS) is 19.2. The molecule has 0 unspecified atom stereocenters. The van der Waals surface area contributed by atoms with Crippen molar-refractivity contribution in [3.05, 3.63) is 11.3 Å². The maximum absolute atomic E-state index is 5.70. The highest BCUT2D eigenvalue weighted by molar-refractivity contribution is 7.99. The van der Waals surface area contributed by atoms with Crippen molar-refractivity contribution >= 4 is 17.6 Å². The van der Waals surface area contributed by atoms with Gasteiger partial charge in [0.15, 0.2) is 0 Å². The molecule has 0 amide bonds. The highest BCUT2D eigenvalue weighted by atomic mass is 32.2. The lowest BCUT2D eigenvalue weighted by Crippen LogP contribution is -2.09. The molecule has 13 heavy (non-hydrogen) atoms. The summed E-state index contributed by atoms with van der Waals surface area (Å²) in [5.41, 5.74) is 8.11. The average Bonchev–Trinajstić information content (AvgIpc) is 2.49. The zero-order valence-corrected chi connectivity index (χ0v) is 8.66. The SMILES string of the molecule is Cc1c(N)n[nH]c1C1CCSCC1. The van der Waals surface area contributed by atoms with E-state index in [4.69, 9.17) is 5.73 Å². The summed E-state index contributed by atoms with van der Waals surface area (Å²) in [5, 5.41) is 7.10. The van der Waals surface area contributed by atoms with Gasteiger partial charge >= 0.3 is 0 Å². The first-order valence-corrected chi connectivity index (χ1v) is 5.82. The standard InChI is InChI=1S/C9H15N3S/c1-6-8(11-12-9(6)10)7-2-4-13-5-3-7/h7H,2-5H2,1H3,(H3,10,11,12). The van der Waals surface area contributed by atoms with Gasteiger partial charge < -0.3 is 5.73 Å². The molecule has 72 valence electrons. The van der Waals surface area contributed by atoms with Crippen LogP contribution in [0.4, 0.5) is 5.82 Å². The van der Waals surface area contributed by atoms with Crippen LogP contribution >= 0.6 is 11.8 Å². The lowest BCUT2D eigenvalue weighted by atomic mass is 9.96. The predicted molar refractivity (Wildman–Crippen MR) is 57.0 cm³/mol. The highest BCUT2D eigenvalue weighted by Crippen LogP contribution is 2.33. The van der Waals surface area contributed by atoms with Crippen LogP contribution in [0.25, 0.3) is 0 Å². The Morgan fingerprint density at radius 1 is 1.46 bits per heavy atom. The summed E-state index contributed by atoms with van der Waals surface area (Å²) >= 11 is 2.04. The smallest absolute Gasteiger partial charge is 0.148 e. The van der Waals surface area contributed by atoms with Crippen molar-refractivity contribution in [3.63, 3.8) is 0 Å². The molecule has 0 spiro atoms. The molecule has 0 saturated carbocycles. The molecule has 0 aliphatic carbocycles. The van der Waals surface area contributed by atoms with Gasteiger partial charge in [-0.2, -0.15) is 16.9 Å². The van der Waals surface area contributed by atoms with E-state index in [1.807, 2.05) is 11.8 Å². The molecule has 1 aromatic rings. The van der Waals surface area contributed by atoms with Crippen molar-refractivity contribution < 1.29 is 0 Å². The van der Waals surface area contributed by atoms with Crippen molar-refractivity contribution in [2.24, 2.45) is 0 Å². The number of hydrogen-bond donors (Lipinski definition) is 2. The minimum Gasteiger partial charge on any atom is -0.382 e. The van der Waals surface area contributed by atoms with Gasteiger partial charge in [0, 0.05) is 17.2 Å². The van der Waals surface area contributed by atoms with E-state index in [0.29, 0.717) is 11.7 Å². The Bertz CT molecular complexity index is 289. The Morgan fingerprint density at radius 2 is 2.15 bits per heavy atom. The molecule has 4 heteroatoms. The fourth-order valence-corrected chi connectivity index (χ4v) is 2.92. The van der Waals surface area contributed by atoms with Crippen molar-refractivity contribution in [1.29, 1.82) is 0 Å². The van der Waals surface area contributed by atoms with Gasteiger partial charge in [0.2, 0.25) is 0 Å². The lowest BCUT2D eigenvalue weighted by Gasteiger charge is -2.20. The molecule has 2 rings (SSSR count). The first-order valence-electron chi connectivity index (χ1n) is 4.67. The Balaban J connectivity index is 2.18. The number of nitrogens with two attached hydrogens (primary N) is 1. The second kappa shape index (κ2) is 3.62. The number of thioether (sulfide) groups is 1. The highest BCUT2D eigenvalue weighted by Gasteiger charge is 2.20. The summed E-state index contributed by atoms with van der Waals surface area (Å²) in [4.78, 5) is 0. The number of nitrogens with one attached hydrogen (secondary N) is 1. The molecule has 1 aliphatic heterocycles. The first kappa shape index (κ1) is 8.94. The molecule has 0 atom stereocenters. The summed E-state index contributed by atoms with van der Waals surface area (Å²) in [6.45, 7) is 2.05. The third-order valence-corrected chi connectivity index (χ3v) is 3.76. The van der Waals surface area contributed by atoms with Gasteiger partial charge in [0.25, 0.3) is 0 Å². The van der Waals surface area contributed by atoms with Crippen molar-refractivity contribution in [3.8, 4) is 0 Å². The van der Waals surface area contributed by atoms with Gasteiger partial charge in [-0.15, -0.1) is 0 Å². The van der Waals surface area contributed by atoms with Crippen molar-refractivity contribution in [2.75, 3.05) is 17.2 Å². The number of rotatable bonds is 1. The zero-order valence-electron chi connectivity index (χ0n) is 7.84. The topological polar surface area (TPSA) is 54.7 Å². The molecule has 2 heterocycles. The second-order valence-electron chi connectivity index (χ2n) is 3.53. The van der Waals surface area contributed by atoms with Crippen molar-refractivity contribution in [2.45, 2.75) is 25.7 Å². The Hall–Kier alpha value is -0.640. The molecule has 0 radical (unpaired) electrons. The van der Waals surface area contributed by atoms with Gasteiger partial charge in [-0.05, 0) is 31.3 Å². The number of H-pyrrole nitrogens is 1. The Labute approximate surface area is 82.5 Å². The molecule has 1 saturated heterocycles. The van der Waals surface area contributed by atoms with Gasteiger partial charge in [-0.3, -0.25) is 5.10 Å². The molecule has 1 aliphatic rings. The summed E-state index contributed by atoms with van der Waals surface area (Å²) < 4.78 is 0. The number of anilines is 1. The van der Waals surface area contributed by atoms with Gasteiger partial charge in [0.05, 0.1) is 0 Å². The molecule has 0 bridgehead atoms. The summed E-state index contributed by atoms with van der Waals surface area (Å²) in [6.07, 6.45) is 2.51. The maximum Gasteiger partial charge on any atom is 0.148 e. The first-order chi connectivity index (χ1) is 6.29. The third kappa shape index (κ3) is 1.68. The summed E-state index contributed by atoms with van der Waals surface area (Å²) in [6, 6.07) is 0. The van der Waals surface area contributed by atoms with E-state index >= 15 is 0 Å². The van der Waals surface area contributed by atoms with Crippen LogP contribution < -0.4 is 5.73 Å². The molecule has 0 aromatic carbocycles. The van der Waals surface area contributed by atoms with Gasteiger partial charge in [0.1, 0.15) is 5.82 Å². The third-order valence-electron chi connectivity index (χ3n) is 2.71. The van der Waals surface area contributed by atoms with Crippen LogP contribution in [0.3, 0.4) is 0 Å². The van der Waals surface area contributed by atoms with E-state index < -0.39 is 0 Å². The van der Waals surface area contributed by atoms with E-state index in [0.717, 1.165) is 5.56 Å². The predicted octanol–water partition coefficient (Wildman–Crippen LogP) is 1.91. The van der Waals surface area contributed by atoms with Gasteiger partial charge in [-0.1, -0.05) is 0 Å². The Kier molecular flexibility index (Phi) is 2.49. The largest absolute Gasteiger partial charge is 0.382 e. The lowest BCUT2D eigenvalue weighted by molar-refractivity contribution is 0.614. The molecule has 3 N–H and O–H groups in total. The molecule has 1 fully saturated rings. The molecule has 3 nitrogen and oxygen atoms in total. The van der Waals surface area contributed by atoms with Crippen LogP contribution in [0, 0.1) is 6.92 Å². The fourth-order valence-electron chi connectivity index (χ4n) is 1.81.